The first-order valence-electron chi connectivity index (χ1n) is 5.58. The van der Waals surface area contributed by atoms with Crippen molar-refractivity contribution in [2.45, 2.75) is 19.0 Å². The van der Waals surface area contributed by atoms with Crippen molar-refractivity contribution in [2.24, 2.45) is 11.7 Å². The van der Waals surface area contributed by atoms with Gasteiger partial charge in [0.2, 0.25) is 0 Å². The van der Waals surface area contributed by atoms with Crippen LogP contribution in [0.3, 0.4) is 0 Å². The molecule has 0 aliphatic rings. The molecular formula is C13H20FNO. The minimum absolute atomic E-state index is 0.00188. The van der Waals surface area contributed by atoms with Crippen molar-refractivity contribution in [1.82, 2.24) is 0 Å². The van der Waals surface area contributed by atoms with Crippen LogP contribution in [0.2, 0.25) is 0 Å². The quantitative estimate of drug-likeness (QED) is 0.807. The topological polar surface area (TPSA) is 35.2 Å². The van der Waals surface area contributed by atoms with Gasteiger partial charge in [0, 0.05) is 20.3 Å². The van der Waals surface area contributed by atoms with Crippen LogP contribution in [-0.4, -0.2) is 20.3 Å². The van der Waals surface area contributed by atoms with E-state index in [1.807, 2.05) is 25.1 Å². The fourth-order valence-corrected chi connectivity index (χ4v) is 1.84. The Morgan fingerprint density at radius 3 is 2.50 bits per heavy atom. The van der Waals surface area contributed by atoms with Gasteiger partial charge in [-0.05, 0) is 17.9 Å². The summed E-state index contributed by atoms with van der Waals surface area (Å²) in [6.07, 6.45) is 0.666. The highest BCUT2D eigenvalue weighted by Gasteiger charge is 2.36. The summed E-state index contributed by atoms with van der Waals surface area (Å²) in [5.74, 6) is -0.153. The van der Waals surface area contributed by atoms with Crippen LogP contribution >= 0.6 is 0 Å². The third-order valence-electron chi connectivity index (χ3n) is 3.09. The summed E-state index contributed by atoms with van der Waals surface area (Å²) in [6.45, 7) is 2.43. The molecule has 0 aromatic heterocycles. The molecule has 0 heterocycles. The maximum Gasteiger partial charge on any atom is 0.150 e. The molecule has 2 nitrogen and oxygen atoms in total. The van der Waals surface area contributed by atoms with Crippen molar-refractivity contribution in [2.75, 3.05) is 20.3 Å². The number of hydrogen-bond acceptors (Lipinski definition) is 2. The Kier molecular flexibility index (Phi) is 4.90. The van der Waals surface area contributed by atoms with Gasteiger partial charge in [-0.3, -0.25) is 0 Å². The smallest absolute Gasteiger partial charge is 0.150 e. The summed E-state index contributed by atoms with van der Waals surface area (Å²) in [7, 11) is 1.62. The predicted octanol–water partition coefficient (Wildman–Crippen LogP) is 2.48. The molecule has 2 N–H and O–H groups in total. The summed E-state index contributed by atoms with van der Waals surface area (Å²) in [4.78, 5) is 0. The Bertz CT molecular complexity index is 304. The molecule has 16 heavy (non-hydrogen) atoms. The van der Waals surface area contributed by atoms with Crippen LogP contribution in [0.5, 0.6) is 0 Å². The molecule has 0 saturated heterocycles. The van der Waals surface area contributed by atoms with Crippen LogP contribution in [0.1, 0.15) is 18.9 Å². The highest BCUT2D eigenvalue weighted by Crippen LogP contribution is 2.34. The van der Waals surface area contributed by atoms with E-state index in [0.717, 1.165) is 0 Å². The first-order valence-corrected chi connectivity index (χ1v) is 5.58. The van der Waals surface area contributed by atoms with Crippen molar-refractivity contribution in [3.8, 4) is 0 Å². The minimum atomic E-state index is -1.46. The average molecular weight is 225 g/mol. The molecule has 1 rings (SSSR count). The zero-order chi connectivity index (χ0) is 12.0. The fourth-order valence-electron chi connectivity index (χ4n) is 1.84. The summed E-state index contributed by atoms with van der Waals surface area (Å²) >= 11 is 0. The van der Waals surface area contributed by atoms with E-state index in [9.17, 15) is 4.39 Å². The first kappa shape index (κ1) is 13.1. The van der Waals surface area contributed by atoms with Gasteiger partial charge in [-0.25, -0.2) is 4.39 Å². The van der Waals surface area contributed by atoms with Crippen molar-refractivity contribution in [3.63, 3.8) is 0 Å². The van der Waals surface area contributed by atoms with Gasteiger partial charge in [0.1, 0.15) is 0 Å². The lowest BCUT2D eigenvalue weighted by Crippen LogP contribution is -2.37. The van der Waals surface area contributed by atoms with Crippen LogP contribution in [0.15, 0.2) is 30.3 Å². The Balaban J connectivity index is 2.84. The maximum atomic E-state index is 14.8. The van der Waals surface area contributed by atoms with Crippen LogP contribution < -0.4 is 5.73 Å². The van der Waals surface area contributed by atoms with Crippen molar-refractivity contribution in [1.29, 1.82) is 0 Å². The second-order valence-corrected chi connectivity index (χ2v) is 4.12. The van der Waals surface area contributed by atoms with Crippen molar-refractivity contribution < 1.29 is 9.13 Å². The Labute approximate surface area is 96.6 Å². The monoisotopic (exact) mass is 225 g/mol. The highest BCUT2D eigenvalue weighted by atomic mass is 19.1. The van der Waals surface area contributed by atoms with E-state index >= 15 is 0 Å². The van der Waals surface area contributed by atoms with E-state index in [1.165, 1.54) is 0 Å². The SMILES string of the molecule is COCCC(C)C(F)(CN)c1ccccc1. The lowest BCUT2D eigenvalue weighted by Gasteiger charge is -2.30. The van der Waals surface area contributed by atoms with E-state index in [-0.39, 0.29) is 12.5 Å². The number of alkyl halides is 1. The molecule has 1 aromatic carbocycles. The lowest BCUT2D eigenvalue weighted by molar-refractivity contribution is 0.0695. The molecule has 0 fully saturated rings. The second-order valence-electron chi connectivity index (χ2n) is 4.12. The molecule has 0 amide bonds. The van der Waals surface area contributed by atoms with Crippen molar-refractivity contribution >= 4 is 0 Å². The van der Waals surface area contributed by atoms with Crippen LogP contribution in [0, 0.1) is 5.92 Å². The predicted molar refractivity (Wildman–Crippen MR) is 63.9 cm³/mol. The third-order valence-corrected chi connectivity index (χ3v) is 3.09. The largest absolute Gasteiger partial charge is 0.385 e. The molecular weight excluding hydrogens is 205 g/mol. The van der Waals surface area contributed by atoms with Gasteiger partial charge in [0.15, 0.2) is 5.67 Å². The minimum Gasteiger partial charge on any atom is -0.385 e. The van der Waals surface area contributed by atoms with E-state index in [1.54, 1.807) is 19.2 Å². The average Bonchev–Trinajstić information content (AvgIpc) is 2.35. The van der Waals surface area contributed by atoms with Gasteiger partial charge >= 0.3 is 0 Å². The van der Waals surface area contributed by atoms with Crippen LogP contribution in [0.25, 0.3) is 0 Å². The van der Waals surface area contributed by atoms with Gasteiger partial charge in [-0.1, -0.05) is 37.3 Å². The molecule has 0 aliphatic heterocycles. The van der Waals surface area contributed by atoms with Crippen LogP contribution in [0.4, 0.5) is 4.39 Å². The van der Waals surface area contributed by atoms with E-state index in [2.05, 4.69) is 0 Å². The summed E-state index contributed by atoms with van der Waals surface area (Å²) in [6, 6.07) is 9.12. The Morgan fingerprint density at radius 1 is 1.38 bits per heavy atom. The Hall–Kier alpha value is -0.930. The standard InChI is InChI=1S/C13H20FNO/c1-11(8-9-16-2)13(14,10-15)12-6-4-3-5-7-12/h3-7,11H,8-10,15H2,1-2H3. The number of halogens is 1. The molecule has 2 unspecified atom stereocenters. The highest BCUT2D eigenvalue weighted by molar-refractivity contribution is 5.23. The fraction of sp³-hybridized carbons (Fsp3) is 0.538. The van der Waals surface area contributed by atoms with Gasteiger partial charge in [0.25, 0.3) is 0 Å². The third kappa shape index (κ3) is 2.80. The number of ether oxygens (including phenoxy) is 1. The number of hydrogen-bond donors (Lipinski definition) is 1. The van der Waals surface area contributed by atoms with E-state index in [0.29, 0.717) is 18.6 Å². The van der Waals surface area contributed by atoms with Gasteiger partial charge < -0.3 is 10.5 Å². The second kappa shape index (κ2) is 5.97. The summed E-state index contributed by atoms with van der Waals surface area (Å²) < 4.78 is 19.8. The molecule has 0 aliphatic carbocycles. The number of rotatable bonds is 6. The molecule has 90 valence electrons. The molecule has 0 spiro atoms. The normalized spacial score (nSPS) is 16.8. The van der Waals surface area contributed by atoms with Crippen LogP contribution in [-0.2, 0) is 10.4 Å². The molecule has 0 saturated carbocycles. The lowest BCUT2D eigenvalue weighted by atomic mass is 9.82. The molecule has 3 heteroatoms. The number of methoxy groups -OCH3 is 1. The zero-order valence-corrected chi connectivity index (χ0v) is 9.95. The summed E-state index contributed by atoms with van der Waals surface area (Å²) in [5, 5.41) is 0. The zero-order valence-electron chi connectivity index (χ0n) is 9.95. The Morgan fingerprint density at radius 2 is 2.00 bits per heavy atom. The van der Waals surface area contributed by atoms with Gasteiger partial charge in [-0.15, -0.1) is 0 Å². The molecule has 2 atom stereocenters. The number of benzene rings is 1. The first-order chi connectivity index (χ1) is 7.65. The molecule has 0 bridgehead atoms. The van der Waals surface area contributed by atoms with E-state index < -0.39 is 5.67 Å². The van der Waals surface area contributed by atoms with Gasteiger partial charge in [0.05, 0.1) is 0 Å². The van der Waals surface area contributed by atoms with E-state index in [4.69, 9.17) is 10.5 Å². The maximum absolute atomic E-state index is 14.8. The molecule has 0 radical (unpaired) electrons. The summed E-state index contributed by atoms with van der Waals surface area (Å²) in [5.41, 5.74) is 4.79. The van der Waals surface area contributed by atoms with Gasteiger partial charge in [-0.2, -0.15) is 0 Å². The molecule has 1 aromatic rings. The van der Waals surface area contributed by atoms with Crippen molar-refractivity contribution in [3.05, 3.63) is 35.9 Å². The number of nitrogens with two attached hydrogens (primary N) is 1.